The topological polar surface area (TPSA) is 24.9 Å². The molecule has 1 saturated carbocycles. The van der Waals surface area contributed by atoms with Gasteiger partial charge in [0.25, 0.3) is 0 Å². The number of nitrogens with zero attached hydrogens (tertiary/aromatic N) is 1. The van der Waals surface area contributed by atoms with Gasteiger partial charge < -0.3 is 5.32 Å². The highest BCUT2D eigenvalue weighted by Gasteiger charge is 2.26. The van der Waals surface area contributed by atoms with Crippen LogP contribution in [0.1, 0.15) is 37.3 Å². The second-order valence-electron chi connectivity index (χ2n) is 4.46. The molecule has 0 saturated heterocycles. The Hall–Kier alpha value is -0.890. The van der Waals surface area contributed by atoms with Gasteiger partial charge in [-0.25, -0.2) is 0 Å². The van der Waals surface area contributed by atoms with E-state index in [0.717, 1.165) is 12.5 Å². The molecule has 0 aliphatic heterocycles. The van der Waals surface area contributed by atoms with E-state index in [1.165, 1.54) is 31.4 Å². The molecule has 0 amide bonds. The number of rotatable bonds is 4. The van der Waals surface area contributed by atoms with Gasteiger partial charge in [0.2, 0.25) is 0 Å². The largest absolute Gasteiger partial charge is 0.319 e. The summed E-state index contributed by atoms with van der Waals surface area (Å²) >= 11 is 0. The minimum atomic E-state index is 0.610. The highest BCUT2D eigenvalue weighted by molar-refractivity contribution is 5.12. The molecule has 1 aliphatic rings. The van der Waals surface area contributed by atoms with Gasteiger partial charge in [-0.3, -0.25) is 4.98 Å². The summed E-state index contributed by atoms with van der Waals surface area (Å²) in [7, 11) is 2.03. The molecule has 0 bridgehead atoms. The van der Waals surface area contributed by atoms with E-state index in [1.54, 1.807) is 0 Å². The molecule has 1 N–H and O–H groups in total. The van der Waals surface area contributed by atoms with Crippen molar-refractivity contribution in [2.45, 2.75) is 31.6 Å². The lowest BCUT2D eigenvalue weighted by Crippen LogP contribution is -2.23. The van der Waals surface area contributed by atoms with E-state index >= 15 is 0 Å². The molecular formula is C13H20N2. The summed E-state index contributed by atoms with van der Waals surface area (Å²) in [5, 5.41) is 3.30. The normalized spacial score (nSPS) is 19.3. The van der Waals surface area contributed by atoms with Gasteiger partial charge in [-0.1, -0.05) is 18.9 Å². The fourth-order valence-electron chi connectivity index (χ4n) is 2.69. The zero-order valence-electron chi connectivity index (χ0n) is 9.45. The SMILES string of the molecule is CNCC(c1ccccn1)C1CCCC1. The fraction of sp³-hybridized carbons (Fsp3) is 0.615. The van der Waals surface area contributed by atoms with Gasteiger partial charge in [0.15, 0.2) is 0 Å². The Bertz CT molecular complexity index is 278. The van der Waals surface area contributed by atoms with Gasteiger partial charge in [0.1, 0.15) is 0 Å². The van der Waals surface area contributed by atoms with Crippen molar-refractivity contribution in [3.63, 3.8) is 0 Å². The van der Waals surface area contributed by atoms with Gasteiger partial charge in [0.05, 0.1) is 0 Å². The van der Waals surface area contributed by atoms with Crippen molar-refractivity contribution < 1.29 is 0 Å². The second kappa shape index (κ2) is 5.26. The van der Waals surface area contributed by atoms with E-state index in [1.807, 2.05) is 19.3 Å². The molecule has 1 aromatic rings. The first-order valence-electron chi connectivity index (χ1n) is 5.97. The molecule has 1 aromatic heterocycles. The molecule has 2 heteroatoms. The Balaban J connectivity index is 2.11. The summed E-state index contributed by atoms with van der Waals surface area (Å²) in [5.74, 6) is 1.45. The lowest BCUT2D eigenvalue weighted by molar-refractivity contribution is 0.414. The van der Waals surface area contributed by atoms with E-state index in [-0.39, 0.29) is 0 Å². The molecule has 1 fully saturated rings. The first kappa shape index (κ1) is 10.6. The van der Waals surface area contributed by atoms with Crippen LogP contribution >= 0.6 is 0 Å². The molecule has 0 aromatic carbocycles. The second-order valence-corrected chi connectivity index (χ2v) is 4.46. The van der Waals surface area contributed by atoms with Gasteiger partial charge in [0, 0.05) is 24.4 Å². The molecule has 0 spiro atoms. The predicted octanol–water partition coefficient (Wildman–Crippen LogP) is 2.57. The van der Waals surface area contributed by atoms with Crippen LogP contribution in [0.3, 0.4) is 0 Å². The summed E-state index contributed by atoms with van der Waals surface area (Å²) in [5.41, 5.74) is 1.26. The van der Waals surface area contributed by atoms with E-state index in [2.05, 4.69) is 22.4 Å². The minimum absolute atomic E-state index is 0.610. The van der Waals surface area contributed by atoms with E-state index in [0.29, 0.717) is 5.92 Å². The van der Waals surface area contributed by atoms with Crippen molar-refractivity contribution in [2.75, 3.05) is 13.6 Å². The van der Waals surface area contributed by atoms with Gasteiger partial charge in [-0.2, -0.15) is 0 Å². The average molecular weight is 204 g/mol. The number of pyridine rings is 1. The maximum atomic E-state index is 4.50. The van der Waals surface area contributed by atoms with Gasteiger partial charge >= 0.3 is 0 Å². The summed E-state index contributed by atoms with van der Waals surface area (Å²) < 4.78 is 0. The first-order chi connectivity index (χ1) is 7.42. The highest BCUT2D eigenvalue weighted by atomic mass is 14.8. The Morgan fingerprint density at radius 1 is 1.40 bits per heavy atom. The number of aromatic nitrogens is 1. The van der Waals surface area contributed by atoms with Crippen LogP contribution in [0.5, 0.6) is 0 Å². The van der Waals surface area contributed by atoms with Crippen LogP contribution in [0.15, 0.2) is 24.4 Å². The third-order valence-corrected chi connectivity index (χ3v) is 3.46. The number of nitrogens with one attached hydrogen (secondary N) is 1. The lowest BCUT2D eigenvalue weighted by atomic mass is 9.87. The van der Waals surface area contributed by atoms with Crippen LogP contribution in [-0.2, 0) is 0 Å². The third-order valence-electron chi connectivity index (χ3n) is 3.46. The first-order valence-corrected chi connectivity index (χ1v) is 5.97. The fourth-order valence-corrected chi connectivity index (χ4v) is 2.69. The molecule has 1 heterocycles. The quantitative estimate of drug-likeness (QED) is 0.815. The van der Waals surface area contributed by atoms with Crippen molar-refractivity contribution in [3.8, 4) is 0 Å². The Kier molecular flexibility index (Phi) is 3.73. The number of hydrogen-bond acceptors (Lipinski definition) is 2. The summed E-state index contributed by atoms with van der Waals surface area (Å²) in [4.78, 5) is 4.50. The molecule has 82 valence electrons. The molecular weight excluding hydrogens is 184 g/mol. The summed E-state index contributed by atoms with van der Waals surface area (Å²) in [6.07, 6.45) is 7.47. The summed E-state index contributed by atoms with van der Waals surface area (Å²) in [6, 6.07) is 6.26. The molecule has 15 heavy (non-hydrogen) atoms. The Labute approximate surface area is 92.1 Å². The van der Waals surface area contributed by atoms with Crippen LogP contribution < -0.4 is 5.32 Å². The van der Waals surface area contributed by atoms with Crippen LogP contribution in [0.4, 0.5) is 0 Å². The van der Waals surface area contributed by atoms with Crippen LogP contribution in [0.25, 0.3) is 0 Å². The van der Waals surface area contributed by atoms with Gasteiger partial charge in [-0.15, -0.1) is 0 Å². The molecule has 1 aliphatic carbocycles. The van der Waals surface area contributed by atoms with E-state index < -0.39 is 0 Å². The monoisotopic (exact) mass is 204 g/mol. The van der Waals surface area contributed by atoms with Crippen LogP contribution in [0, 0.1) is 5.92 Å². The Morgan fingerprint density at radius 2 is 2.20 bits per heavy atom. The Morgan fingerprint density at radius 3 is 2.80 bits per heavy atom. The van der Waals surface area contributed by atoms with Crippen molar-refractivity contribution >= 4 is 0 Å². The number of hydrogen-bond donors (Lipinski definition) is 1. The third kappa shape index (κ3) is 2.57. The summed E-state index contributed by atoms with van der Waals surface area (Å²) in [6.45, 7) is 1.06. The molecule has 1 atom stereocenters. The van der Waals surface area contributed by atoms with E-state index in [4.69, 9.17) is 0 Å². The van der Waals surface area contributed by atoms with Crippen LogP contribution in [-0.4, -0.2) is 18.6 Å². The lowest BCUT2D eigenvalue weighted by Gasteiger charge is -2.22. The smallest absolute Gasteiger partial charge is 0.0449 e. The average Bonchev–Trinajstić information content (AvgIpc) is 2.80. The standard InChI is InChI=1S/C13H20N2/c1-14-10-12(11-6-2-3-7-11)13-8-4-5-9-15-13/h4-5,8-9,11-12,14H,2-3,6-7,10H2,1H3. The van der Waals surface area contributed by atoms with Gasteiger partial charge in [-0.05, 0) is 37.9 Å². The minimum Gasteiger partial charge on any atom is -0.319 e. The highest BCUT2D eigenvalue weighted by Crippen LogP contribution is 2.36. The van der Waals surface area contributed by atoms with Crippen LogP contribution in [0.2, 0.25) is 0 Å². The zero-order valence-corrected chi connectivity index (χ0v) is 9.45. The van der Waals surface area contributed by atoms with Crippen molar-refractivity contribution in [1.82, 2.24) is 10.3 Å². The van der Waals surface area contributed by atoms with Crippen molar-refractivity contribution in [3.05, 3.63) is 30.1 Å². The molecule has 1 unspecified atom stereocenters. The van der Waals surface area contributed by atoms with E-state index in [9.17, 15) is 0 Å². The predicted molar refractivity (Wildman–Crippen MR) is 62.9 cm³/mol. The molecule has 2 rings (SSSR count). The maximum Gasteiger partial charge on any atom is 0.0449 e. The zero-order chi connectivity index (χ0) is 10.5. The molecule has 2 nitrogen and oxygen atoms in total. The number of likely N-dealkylation sites (N-methyl/N-ethyl adjacent to an activating group) is 1. The van der Waals surface area contributed by atoms with Crippen molar-refractivity contribution in [1.29, 1.82) is 0 Å². The maximum absolute atomic E-state index is 4.50. The van der Waals surface area contributed by atoms with Crippen molar-refractivity contribution in [2.24, 2.45) is 5.92 Å². The molecule has 0 radical (unpaired) electrons.